The Morgan fingerprint density at radius 3 is 2.53 bits per heavy atom. The molecule has 0 amide bonds. The molecule has 0 spiro atoms. The molecule has 0 aliphatic rings. The summed E-state index contributed by atoms with van der Waals surface area (Å²) >= 11 is 0. The van der Waals surface area contributed by atoms with Gasteiger partial charge in [0.15, 0.2) is 0 Å². The zero-order valence-corrected chi connectivity index (χ0v) is 11.7. The van der Waals surface area contributed by atoms with Crippen LogP contribution in [0.4, 0.5) is 4.39 Å². The van der Waals surface area contributed by atoms with Crippen LogP contribution in [0, 0.1) is 11.7 Å². The molecule has 0 fully saturated rings. The van der Waals surface area contributed by atoms with Crippen LogP contribution in [0.15, 0.2) is 30.5 Å². The van der Waals surface area contributed by atoms with Crippen molar-refractivity contribution in [2.75, 3.05) is 14.1 Å². The molecule has 2 aromatic rings. The van der Waals surface area contributed by atoms with Crippen LogP contribution in [-0.2, 0) is 0 Å². The lowest BCUT2D eigenvalue weighted by atomic mass is 10.0. The maximum absolute atomic E-state index is 13.2. The topological polar surface area (TPSA) is 25.2 Å². The highest BCUT2D eigenvalue weighted by Crippen LogP contribution is 2.19. The third kappa shape index (κ3) is 2.54. The molecule has 3 nitrogen and oxygen atoms in total. The molecule has 0 N–H and O–H groups in total. The number of halogens is 1. The first kappa shape index (κ1) is 13.7. The highest BCUT2D eigenvalue weighted by Gasteiger charge is 2.26. The summed E-state index contributed by atoms with van der Waals surface area (Å²) in [5, 5.41) is 0.745. The Bertz CT molecular complexity index is 593. The summed E-state index contributed by atoms with van der Waals surface area (Å²) in [5.41, 5.74) is 0.749. The Labute approximate surface area is 112 Å². The number of rotatable bonds is 3. The van der Waals surface area contributed by atoms with Crippen LogP contribution < -0.4 is 0 Å². The molecule has 1 atom stereocenters. The summed E-state index contributed by atoms with van der Waals surface area (Å²) in [6.07, 6.45) is 1.71. The van der Waals surface area contributed by atoms with Crippen molar-refractivity contribution in [1.29, 1.82) is 0 Å². The van der Waals surface area contributed by atoms with Crippen LogP contribution in [0.3, 0.4) is 0 Å². The summed E-state index contributed by atoms with van der Waals surface area (Å²) in [4.78, 5) is 14.5. The van der Waals surface area contributed by atoms with Crippen molar-refractivity contribution in [1.82, 2.24) is 9.47 Å². The molecule has 0 radical (unpaired) electrons. The number of carbonyl (C=O) groups excluding carboxylic acids is 1. The van der Waals surface area contributed by atoms with Gasteiger partial charge in [-0.25, -0.2) is 4.39 Å². The first-order chi connectivity index (χ1) is 8.91. The van der Waals surface area contributed by atoms with Gasteiger partial charge in [0.25, 0.3) is 0 Å². The second-order valence-electron chi connectivity index (χ2n) is 5.38. The maximum atomic E-state index is 13.2. The molecular weight excluding hydrogens is 243 g/mol. The number of benzene rings is 1. The van der Waals surface area contributed by atoms with Gasteiger partial charge in [-0.1, -0.05) is 13.8 Å². The highest BCUT2D eigenvalue weighted by molar-refractivity contribution is 5.95. The Hall–Kier alpha value is -1.68. The minimum Gasteiger partial charge on any atom is -0.298 e. The molecule has 0 saturated heterocycles. The predicted molar refractivity (Wildman–Crippen MR) is 74.8 cm³/mol. The number of likely N-dealkylation sites (N-methyl/N-ethyl adjacent to an activating group) is 1. The molecule has 0 bridgehead atoms. The van der Waals surface area contributed by atoms with E-state index in [2.05, 4.69) is 0 Å². The van der Waals surface area contributed by atoms with E-state index >= 15 is 0 Å². The Morgan fingerprint density at radius 1 is 1.26 bits per heavy atom. The minimum atomic E-state index is -0.286. The van der Waals surface area contributed by atoms with Gasteiger partial charge in [0.1, 0.15) is 5.82 Å². The van der Waals surface area contributed by atoms with Gasteiger partial charge in [0.05, 0.1) is 11.6 Å². The summed E-state index contributed by atoms with van der Waals surface area (Å²) in [7, 11) is 3.79. The first-order valence-corrected chi connectivity index (χ1v) is 6.39. The van der Waals surface area contributed by atoms with Crippen molar-refractivity contribution in [3.63, 3.8) is 0 Å². The van der Waals surface area contributed by atoms with Gasteiger partial charge in [-0.3, -0.25) is 14.3 Å². The van der Waals surface area contributed by atoms with Crippen LogP contribution in [0.25, 0.3) is 10.9 Å². The quantitative estimate of drug-likeness (QED) is 0.849. The number of aromatic nitrogens is 1. The third-order valence-corrected chi connectivity index (χ3v) is 3.33. The Kier molecular flexibility index (Phi) is 3.71. The fourth-order valence-electron chi connectivity index (χ4n) is 2.55. The van der Waals surface area contributed by atoms with Crippen LogP contribution in [0.1, 0.15) is 18.6 Å². The molecule has 19 heavy (non-hydrogen) atoms. The van der Waals surface area contributed by atoms with E-state index in [9.17, 15) is 9.18 Å². The minimum absolute atomic E-state index is 0.0154. The molecular formula is C15H19FN2O. The maximum Gasteiger partial charge on any atom is 0.248 e. The fraction of sp³-hybridized carbons (Fsp3) is 0.400. The van der Waals surface area contributed by atoms with E-state index in [1.807, 2.05) is 32.8 Å². The van der Waals surface area contributed by atoms with Crippen molar-refractivity contribution < 1.29 is 9.18 Å². The lowest BCUT2D eigenvalue weighted by Crippen LogP contribution is -2.42. The van der Waals surface area contributed by atoms with Gasteiger partial charge < -0.3 is 0 Å². The van der Waals surface area contributed by atoms with Crippen molar-refractivity contribution in [3.8, 4) is 0 Å². The van der Waals surface area contributed by atoms with Crippen molar-refractivity contribution >= 4 is 16.8 Å². The Morgan fingerprint density at radius 2 is 1.95 bits per heavy atom. The molecule has 1 aromatic heterocycles. The molecule has 1 aromatic carbocycles. The third-order valence-electron chi connectivity index (χ3n) is 3.33. The van der Waals surface area contributed by atoms with Crippen molar-refractivity contribution in [2.45, 2.75) is 19.9 Å². The SMILES string of the molecule is CC(C)C(C(=O)n1ccc2cc(F)ccc21)N(C)C. The predicted octanol–water partition coefficient (Wildman–Crippen LogP) is 3.01. The first-order valence-electron chi connectivity index (χ1n) is 6.39. The van der Waals surface area contributed by atoms with Crippen LogP contribution in [-0.4, -0.2) is 35.5 Å². The number of carbonyl (C=O) groups is 1. The monoisotopic (exact) mass is 262 g/mol. The molecule has 1 unspecified atom stereocenters. The Balaban J connectivity index is 2.46. The largest absolute Gasteiger partial charge is 0.298 e. The molecule has 0 aliphatic heterocycles. The standard InChI is InChI=1S/C15H19FN2O/c1-10(2)14(17(3)4)15(19)18-8-7-11-9-12(16)5-6-13(11)18/h5-10,14H,1-4H3. The summed E-state index contributed by atoms with van der Waals surface area (Å²) in [6.45, 7) is 4.04. The zero-order chi connectivity index (χ0) is 14.2. The second kappa shape index (κ2) is 5.13. The van der Waals surface area contributed by atoms with Crippen molar-refractivity contribution in [2.24, 2.45) is 5.92 Å². The van der Waals surface area contributed by atoms with E-state index in [0.717, 1.165) is 10.9 Å². The van der Waals surface area contributed by atoms with Gasteiger partial charge in [-0.15, -0.1) is 0 Å². The normalized spacial score (nSPS) is 13.4. The number of hydrogen-bond donors (Lipinski definition) is 0. The molecule has 0 aliphatic carbocycles. The van der Waals surface area contributed by atoms with Gasteiger partial charge in [-0.2, -0.15) is 0 Å². The van der Waals surface area contributed by atoms with Crippen molar-refractivity contribution in [3.05, 3.63) is 36.3 Å². The van der Waals surface area contributed by atoms with E-state index < -0.39 is 0 Å². The number of nitrogens with zero attached hydrogens (tertiary/aromatic N) is 2. The molecule has 0 saturated carbocycles. The molecule has 4 heteroatoms. The van der Waals surface area contributed by atoms with E-state index in [1.165, 1.54) is 12.1 Å². The van der Waals surface area contributed by atoms with E-state index in [1.54, 1.807) is 22.9 Å². The van der Waals surface area contributed by atoms with E-state index in [-0.39, 0.29) is 23.7 Å². The average Bonchev–Trinajstić information content (AvgIpc) is 2.70. The van der Waals surface area contributed by atoms with Crippen LogP contribution in [0.2, 0.25) is 0 Å². The van der Waals surface area contributed by atoms with Gasteiger partial charge >= 0.3 is 0 Å². The molecule has 1 heterocycles. The van der Waals surface area contributed by atoms with Crippen LogP contribution >= 0.6 is 0 Å². The van der Waals surface area contributed by atoms with E-state index in [0.29, 0.717) is 0 Å². The highest BCUT2D eigenvalue weighted by atomic mass is 19.1. The number of hydrogen-bond acceptors (Lipinski definition) is 2. The number of fused-ring (bicyclic) bond motifs is 1. The van der Waals surface area contributed by atoms with Gasteiger partial charge in [-0.05, 0) is 44.3 Å². The summed E-state index contributed by atoms with van der Waals surface area (Å²) < 4.78 is 14.8. The average molecular weight is 262 g/mol. The smallest absolute Gasteiger partial charge is 0.248 e. The zero-order valence-electron chi connectivity index (χ0n) is 11.7. The lowest BCUT2D eigenvalue weighted by Gasteiger charge is -2.26. The van der Waals surface area contributed by atoms with Crippen LogP contribution in [0.5, 0.6) is 0 Å². The molecule has 2 rings (SSSR count). The summed E-state index contributed by atoms with van der Waals surface area (Å²) in [6, 6.07) is 6.05. The summed E-state index contributed by atoms with van der Waals surface area (Å²) in [5.74, 6) is -0.0623. The molecule has 102 valence electrons. The fourth-order valence-corrected chi connectivity index (χ4v) is 2.55. The van der Waals surface area contributed by atoms with E-state index in [4.69, 9.17) is 0 Å². The second-order valence-corrected chi connectivity index (χ2v) is 5.38. The van der Waals surface area contributed by atoms with Gasteiger partial charge in [0, 0.05) is 11.6 Å². The lowest BCUT2D eigenvalue weighted by molar-refractivity contribution is 0.0743. The van der Waals surface area contributed by atoms with Gasteiger partial charge in [0.2, 0.25) is 5.91 Å².